The van der Waals surface area contributed by atoms with Gasteiger partial charge in [-0.15, -0.1) is 0 Å². The number of halogens is 2. The molecule has 4 heteroatoms. The Bertz CT molecular complexity index is 106. The molecule has 0 aromatic carbocycles. The smallest absolute Gasteiger partial charge is 0.254 e. The van der Waals surface area contributed by atoms with Crippen LogP contribution in [-0.4, -0.2) is 15.7 Å². The van der Waals surface area contributed by atoms with Crippen LogP contribution in [0.5, 0.6) is 0 Å². The molecule has 0 radical (unpaired) electrons. The van der Waals surface area contributed by atoms with Gasteiger partial charge in [0.1, 0.15) is 0 Å². The van der Waals surface area contributed by atoms with Crippen molar-refractivity contribution in [3.8, 4) is 0 Å². The van der Waals surface area contributed by atoms with Crippen LogP contribution in [-0.2, 0) is 10.8 Å². The average molecular weight is 170 g/mol. The van der Waals surface area contributed by atoms with E-state index < -0.39 is 16.6 Å². The molecule has 0 N–H and O–H groups in total. The summed E-state index contributed by atoms with van der Waals surface area (Å²) in [6.45, 7) is 1.98. The molecule has 10 heavy (non-hydrogen) atoms. The highest BCUT2D eigenvalue weighted by molar-refractivity contribution is 7.85. The lowest BCUT2D eigenvalue weighted by Gasteiger charge is -1.97. The second-order valence-electron chi connectivity index (χ2n) is 2.05. The predicted molar refractivity (Wildman–Crippen MR) is 38.5 cm³/mol. The normalized spacial score (nSPS) is 14.0. The summed E-state index contributed by atoms with van der Waals surface area (Å²) in [6.07, 6.45) is 2.51. The highest BCUT2D eigenvalue weighted by atomic mass is 32.2. The molecule has 1 unspecified atom stereocenters. The molecule has 0 saturated carbocycles. The molecular formula is C6H12F2OS. The Morgan fingerprint density at radius 2 is 2.00 bits per heavy atom. The van der Waals surface area contributed by atoms with Gasteiger partial charge in [-0.3, -0.25) is 4.21 Å². The molecule has 0 aromatic rings. The van der Waals surface area contributed by atoms with Crippen molar-refractivity contribution < 1.29 is 13.0 Å². The zero-order valence-electron chi connectivity index (χ0n) is 5.98. The van der Waals surface area contributed by atoms with Gasteiger partial charge in [0.25, 0.3) is 0 Å². The van der Waals surface area contributed by atoms with Gasteiger partial charge in [-0.05, 0) is 6.42 Å². The quantitative estimate of drug-likeness (QED) is 0.578. The highest BCUT2D eigenvalue weighted by Gasteiger charge is 2.10. The Labute approximate surface area is 62.3 Å². The van der Waals surface area contributed by atoms with Crippen LogP contribution < -0.4 is 0 Å². The van der Waals surface area contributed by atoms with Crippen LogP contribution >= 0.6 is 0 Å². The minimum Gasteiger partial charge on any atom is -0.254 e. The van der Waals surface area contributed by atoms with Gasteiger partial charge in [0, 0.05) is 5.75 Å². The fourth-order valence-corrected chi connectivity index (χ4v) is 1.25. The summed E-state index contributed by atoms with van der Waals surface area (Å²) < 4.78 is 33.5. The van der Waals surface area contributed by atoms with Crippen molar-refractivity contribution in [2.24, 2.45) is 0 Å². The molecule has 1 atom stereocenters. The highest BCUT2D eigenvalue weighted by Crippen LogP contribution is 2.03. The largest absolute Gasteiger partial charge is 0.311 e. The minimum atomic E-state index is -2.66. The van der Waals surface area contributed by atoms with E-state index in [4.69, 9.17) is 0 Å². The maximum absolute atomic E-state index is 11.6. The fourth-order valence-electron chi connectivity index (χ4n) is 0.583. The third-order valence-electron chi connectivity index (χ3n) is 1.15. The third kappa shape index (κ3) is 4.85. The zero-order valence-corrected chi connectivity index (χ0v) is 6.79. The number of hydrogen-bond acceptors (Lipinski definition) is 1. The van der Waals surface area contributed by atoms with Crippen LogP contribution in [0, 0.1) is 0 Å². The molecule has 0 rings (SSSR count). The van der Waals surface area contributed by atoms with E-state index in [0.29, 0.717) is 6.42 Å². The van der Waals surface area contributed by atoms with Crippen molar-refractivity contribution >= 4 is 10.8 Å². The van der Waals surface area contributed by atoms with Crippen LogP contribution in [0.4, 0.5) is 8.78 Å². The van der Waals surface area contributed by atoms with E-state index in [1.54, 1.807) is 0 Å². The summed E-state index contributed by atoms with van der Waals surface area (Å²) in [5.41, 5.74) is 0. The standard InChI is InChI=1S/C6H12F2OS/c1-2-3-4-5-10(9)6(7)8/h6H,2-5H2,1H3. The van der Waals surface area contributed by atoms with Crippen LogP contribution in [0.15, 0.2) is 0 Å². The summed E-state index contributed by atoms with van der Waals surface area (Å²) in [6, 6.07) is 0. The van der Waals surface area contributed by atoms with Crippen molar-refractivity contribution in [2.45, 2.75) is 31.9 Å². The number of rotatable bonds is 5. The number of alkyl halides is 2. The van der Waals surface area contributed by atoms with E-state index in [9.17, 15) is 13.0 Å². The molecule has 0 saturated heterocycles. The van der Waals surface area contributed by atoms with Crippen molar-refractivity contribution in [1.82, 2.24) is 0 Å². The maximum Gasteiger partial charge on any atom is 0.311 e. The van der Waals surface area contributed by atoms with E-state index in [0.717, 1.165) is 12.8 Å². The Balaban J connectivity index is 3.22. The summed E-state index contributed by atoms with van der Waals surface area (Å²) in [7, 11) is -1.91. The number of hydrogen-bond donors (Lipinski definition) is 0. The van der Waals surface area contributed by atoms with Gasteiger partial charge in [-0.2, -0.15) is 8.78 Å². The van der Waals surface area contributed by atoms with Crippen molar-refractivity contribution in [3.63, 3.8) is 0 Å². The summed E-state index contributed by atoms with van der Waals surface area (Å²) in [5, 5.41) is 0. The van der Waals surface area contributed by atoms with E-state index >= 15 is 0 Å². The molecule has 0 aliphatic carbocycles. The minimum absolute atomic E-state index is 0.144. The van der Waals surface area contributed by atoms with Gasteiger partial charge in [-0.25, -0.2) is 0 Å². The zero-order chi connectivity index (χ0) is 7.98. The first-order chi connectivity index (χ1) is 4.68. The van der Waals surface area contributed by atoms with Crippen LogP contribution in [0.3, 0.4) is 0 Å². The molecule has 0 aromatic heterocycles. The first kappa shape index (κ1) is 10.0. The van der Waals surface area contributed by atoms with E-state index in [2.05, 4.69) is 0 Å². The second kappa shape index (κ2) is 5.77. The van der Waals surface area contributed by atoms with Gasteiger partial charge in [0.2, 0.25) is 0 Å². The van der Waals surface area contributed by atoms with Crippen molar-refractivity contribution in [2.75, 3.05) is 5.75 Å². The van der Waals surface area contributed by atoms with Gasteiger partial charge < -0.3 is 0 Å². The maximum atomic E-state index is 11.6. The van der Waals surface area contributed by atoms with Crippen molar-refractivity contribution in [3.05, 3.63) is 0 Å². The predicted octanol–water partition coefficient (Wildman–Crippen LogP) is 2.15. The van der Waals surface area contributed by atoms with Gasteiger partial charge in [-0.1, -0.05) is 19.8 Å². The molecule has 0 amide bonds. The lowest BCUT2D eigenvalue weighted by Crippen LogP contribution is -2.06. The van der Waals surface area contributed by atoms with Gasteiger partial charge >= 0.3 is 5.76 Å². The third-order valence-corrected chi connectivity index (χ3v) is 2.24. The Kier molecular flexibility index (Phi) is 5.78. The van der Waals surface area contributed by atoms with E-state index in [1.807, 2.05) is 6.92 Å². The first-order valence-corrected chi connectivity index (χ1v) is 4.72. The molecule has 62 valence electrons. The van der Waals surface area contributed by atoms with E-state index in [1.165, 1.54) is 0 Å². The van der Waals surface area contributed by atoms with Crippen LogP contribution in [0.25, 0.3) is 0 Å². The second-order valence-corrected chi connectivity index (χ2v) is 3.58. The molecule has 0 fully saturated rings. The van der Waals surface area contributed by atoms with Gasteiger partial charge in [0.05, 0.1) is 10.8 Å². The average Bonchev–Trinajstić information content (AvgIpc) is 1.88. The topological polar surface area (TPSA) is 17.1 Å². The molecule has 1 nitrogen and oxygen atoms in total. The van der Waals surface area contributed by atoms with Crippen LogP contribution in [0.2, 0.25) is 0 Å². The van der Waals surface area contributed by atoms with Crippen LogP contribution in [0.1, 0.15) is 26.2 Å². The molecule has 0 spiro atoms. The molecule has 0 aliphatic heterocycles. The summed E-state index contributed by atoms with van der Waals surface area (Å²) in [4.78, 5) is 0. The molecular weight excluding hydrogens is 158 g/mol. The SMILES string of the molecule is CCCCCS(=O)C(F)F. The number of unbranched alkanes of at least 4 members (excludes halogenated alkanes) is 2. The Hall–Kier alpha value is 0.01000. The van der Waals surface area contributed by atoms with E-state index in [-0.39, 0.29) is 5.75 Å². The van der Waals surface area contributed by atoms with Crippen molar-refractivity contribution in [1.29, 1.82) is 0 Å². The monoisotopic (exact) mass is 170 g/mol. The molecule has 0 bridgehead atoms. The summed E-state index contributed by atoms with van der Waals surface area (Å²) >= 11 is 0. The summed E-state index contributed by atoms with van der Waals surface area (Å²) in [5.74, 6) is -2.51. The lowest BCUT2D eigenvalue weighted by molar-refractivity contribution is 0.244. The molecule has 0 aliphatic rings. The molecule has 0 heterocycles. The fraction of sp³-hybridized carbons (Fsp3) is 1.00. The lowest BCUT2D eigenvalue weighted by atomic mass is 10.3. The Morgan fingerprint density at radius 3 is 2.40 bits per heavy atom. The first-order valence-electron chi connectivity index (χ1n) is 3.33. The Morgan fingerprint density at radius 1 is 1.40 bits per heavy atom. The van der Waals surface area contributed by atoms with Gasteiger partial charge in [0.15, 0.2) is 0 Å².